The molecule has 0 fully saturated rings. The zero-order valence-corrected chi connectivity index (χ0v) is 11.5. The number of carboxylic acids is 1. The molecule has 0 saturated carbocycles. The van der Waals surface area contributed by atoms with E-state index in [1.165, 1.54) is 22.8 Å². The third-order valence-electron chi connectivity index (χ3n) is 3.15. The van der Waals surface area contributed by atoms with Gasteiger partial charge in [0.15, 0.2) is 0 Å². The van der Waals surface area contributed by atoms with Crippen molar-refractivity contribution in [3.63, 3.8) is 0 Å². The molecule has 1 N–H and O–H groups in total. The van der Waals surface area contributed by atoms with Crippen LogP contribution < -0.4 is 0 Å². The van der Waals surface area contributed by atoms with Crippen molar-refractivity contribution >= 4 is 17.6 Å². The molecule has 4 nitrogen and oxygen atoms in total. The maximum absolute atomic E-state index is 10.9. The van der Waals surface area contributed by atoms with Crippen molar-refractivity contribution < 1.29 is 14.4 Å². The quantitative estimate of drug-likeness (QED) is 0.608. The van der Waals surface area contributed by atoms with Crippen molar-refractivity contribution in [3.05, 3.63) is 75.8 Å². The summed E-state index contributed by atoms with van der Waals surface area (Å²) in [4.78, 5) is 10.9. The molecule has 2 aliphatic carbocycles. The van der Waals surface area contributed by atoms with Crippen LogP contribution in [0.15, 0.2) is 59.3 Å². The molecule has 21 heavy (non-hydrogen) atoms. The van der Waals surface area contributed by atoms with Crippen LogP contribution in [0.25, 0.3) is 11.3 Å². The summed E-state index contributed by atoms with van der Waals surface area (Å²) in [7, 11) is 0. The van der Waals surface area contributed by atoms with Crippen molar-refractivity contribution in [1.29, 1.82) is 0 Å². The molecule has 0 spiro atoms. The predicted molar refractivity (Wildman–Crippen MR) is 78.0 cm³/mol. The van der Waals surface area contributed by atoms with E-state index >= 15 is 0 Å². The Hall–Kier alpha value is -2.59. The van der Waals surface area contributed by atoms with Crippen LogP contribution in [0.4, 0.5) is 0 Å². The van der Waals surface area contributed by atoms with E-state index in [1.54, 1.807) is 24.3 Å². The summed E-state index contributed by atoms with van der Waals surface area (Å²) in [6.07, 6.45) is 1.41. The van der Waals surface area contributed by atoms with Gasteiger partial charge in [-0.2, -0.15) is 0 Å². The van der Waals surface area contributed by atoms with E-state index in [0.717, 1.165) is 5.02 Å². The van der Waals surface area contributed by atoms with E-state index in [9.17, 15) is 4.79 Å². The highest BCUT2D eigenvalue weighted by Gasteiger charge is 2.12. The van der Waals surface area contributed by atoms with E-state index in [4.69, 9.17) is 16.7 Å². The van der Waals surface area contributed by atoms with Crippen molar-refractivity contribution in [2.45, 2.75) is 0 Å². The molecular weight excluding hydrogens is 290 g/mol. The molecule has 104 valence electrons. The fourth-order valence-electron chi connectivity index (χ4n) is 1.99. The van der Waals surface area contributed by atoms with Crippen LogP contribution in [0.1, 0.15) is 10.4 Å². The largest absolute Gasteiger partial charge is 0.478 e. The van der Waals surface area contributed by atoms with Gasteiger partial charge in [-0.1, -0.05) is 47.1 Å². The smallest absolute Gasteiger partial charge is 0.336 e. The first-order valence-corrected chi connectivity index (χ1v) is 6.57. The highest BCUT2D eigenvalue weighted by atomic mass is 35.5. The highest BCUT2D eigenvalue weighted by molar-refractivity contribution is 6.31. The fourth-order valence-corrected chi connectivity index (χ4v) is 2.28. The van der Waals surface area contributed by atoms with Crippen LogP contribution in [0.2, 0.25) is 5.02 Å². The minimum Gasteiger partial charge on any atom is -0.478 e. The maximum atomic E-state index is 10.9. The van der Waals surface area contributed by atoms with Gasteiger partial charge in [-0.05, 0) is 17.4 Å². The highest BCUT2D eigenvalue weighted by Crippen LogP contribution is 2.21. The predicted octanol–water partition coefficient (Wildman–Crippen LogP) is 3.98. The van der Waals surface area contributed by atoms with Gasteiger partial charge in [-0.15, -0.1) is 0 Å². The van der Waals surface area contributed by atoms with Crippen LogP contribution in [0.5, 0.6) is 0 Å². The molecule has 2 aliphatic rings. The molecular formula is C16H10ClNO3. The number of carboxylic acid groups (broad SMARTS) is 1. The molecule has 1 aromatic carbocycles. The molecule has 5 heteroatoms. The summed E-state index contributed by atoms with van der Waals surface area (Å²) >= 11 is 5.60. The van der Waals surface area contributed by atoms with Gasteiger partial charge in [0.25, 0.3) is 0 Å². The van der Waals surface area contributed by atoms with Gasteiger partial charge < -0.3 is 9.63 Å². The molecule has 1 aromatic heterocycles. The lowest BCUT2D eigenvalue weighted by Crippen LogP contribution is -1.98. The van der Waals surface area contributed by atoms with Crippen LogP contribution in [0.3, 0.4) is 0 Å². The average Bonchev–Trinajstić information content (AvgIpc) is 2.99. The fraction of sp³-hybridized carbons (Fsp3) is 0. The second kappa shape index (κ2) is 5.42. The van der Waals surface area contributed by atoms with Crippen molar-refractivity contribution in [2.75, 3.05) is 0 Å². The molecule has 0 aliphatic heterocycles. The van der Waals surface area contributed by atoms with E-state index in [2.05, 4.69) is 15.7 Å². The van der Waals surface area contributed by atoms with Gasteiger partial charge in [0.1, 0.15) is 12.0 Å². The van der Waals surface area contributed by atoms with Crippen LogP contribution in [0, 0.1) is 10.4 Å². The summed E-state index contributed by atoms with van der Waals surface area (Å²) < 4.78 is 4.66. The van der Waals surface area contributed by atoms with Crippen molar-refractivity contribution in [2.24, 2.45) is 0 Å². The third-order valence-corrected chi connectivity index (χ3v) is 3.46. The molecule has 0 amide bonds. The normalized spacial score (nSPS) is 10.5. The number of aromatic nitrogens is 1. The number of nitrogens with zero attached hydrogens (tertiary/aromatic N) is 1. The number of aromatic carboxylic acids is 1. The zero-order chi connectivity index (χ0) is 14.8. The molecule has 0 radical (unpaired) electrons. The summed E-state index contributed by atoms with van der Waals surface area (Å²) in [6, 6.07) is 14.3. The first kappa shape index (κ1) is 13.4. The van der Waals surface area contributed by atoms with Gasteiger partial charge in [-0.3, -0.25) is 0 Å². The van der Waals surface area contributed by atoms with Gasteiger partial charge in [0, 0.05) is 21.9 Å². The minimum absolute atomic E-state index is 0.224. The Labute approximate surface area is 124 Å². The van der Waals surface area contributed by atoms with E-state index < -0.39 is 5.97 Å². The molecule has 1 heterocycles. The number of benzene rings is 2. The first-order chi connectivity index (χ1) is 10.2. The Morgan fingerprint density at radius 1 is 1.14 bits per heavy atom. The summed E-state index contributed by atoms with van der Waals surface area (Å²) in [5.41, 5.74) is 1.32. The monoisotopic (exact) mass is 299 g/mol. The topological polar surface area (TPSA) is 63.3 Å². The molecule has 0 bridgehead atoms. The Kier molecular flexibility index (Phi) is 3.46. The van der Waals surface area contributed by atoms with Gasteiger partial charge in [0.05, 0.1) is 5.56 Å². The Morgan fingerprint density at radius 3 is 2.38 bits per heavy atom. The number of carbonyl (C=O) groups is 1. The number of hydrogen-bond donors (Lipinski definition) is 1. The van der Waals surface area contributed by atoms with Crippen LogP contribution in [-0.4, -0.2) is 16.2 Å². The van der Waals surface area contributed by atoms with Crippen molar-refractivity contribution in [3.8, 4) is 11.3 Å². The number of halogens is 1. The molecule has 0 unspecified atom stereocenters. The summed E-state index contributed by atoms with van der Waals surface area (Å²) in [6.45, 7) is 0. The van der Waals surface area contributed by atoms with E-state index in [-0.39, 0.29) is 5.56 Å². The van der Waals surface area contributed by atoms with Crippen molar-refractivity contribution in [1.82, 2.24) is 5.16 Å². The minimum atomic E-state index is -0.969. The molecule has 2 aromatic rings. The lowest BCUT2D eigenvalue weighted by Gasteiger charge is -2.01. The SMILES string of the molecule is Clc1cc2ccc1=2.O=C(O)c1ccccc1-c1ccon1. The lowest BCUT2D eigenvalue weighted by atomic mass is 10.1. The first-order valence-electron chi connectivity index (χ1n) is 6.20. The van der Waals surface area contributed by atoms with Crippen LogP contribution >= 0.6 is 11.6 Å². The number of rotatable bonds is 2. The van der Waals surface area contributed by atoms with Gasteiger partial charge in [-0.25, -0.2) is 4.79 Å². The maximum Gasteiger partial charge on any atom is 0.336 e. The van der Waals surface area contributed by atoms with Crippen LogP contribution in [-0.2, 0) is 0 Å². The standard InChI is InChI=1S/C10H7NO3.C6H3Cl/c12-10(13)8-4-2-1-3-7(8)9-5-6-14-11-9;7-6-3-4-1-2-5(4)6/h1-6H,(H,12,13);1-3H. The zero-order valence-electron chi connectivity index (χ0n) is 10.8. The van der Waals surface area contributed by atoms with Gasteiger partial charge >= 0.3 is 5.97 Å². The molecule has 4 rings (SSSR count). The van der Waals surface area contributed by atoms with E-state index in [0.29, 0.717) is 11.3 Å². The summed E-state index contributed by atoms with van der Waals surface area (Å²) in [5, 5.41) is 16.1. The molecule has 0 atom stereocenters. The summed E-state index contributed by atoms with van der Waals surface area (Å²) in [5.74, 6) is -0.969. The third kappa shape index (κ3) is 2.53. The van der Waals surface area contributed by atoms with E-state index in [1.807, 2.05) is 12.1 Å². The Balaban J connectivity index is 0.000000156. The molecule has 0 saturated heterocycles. The second-order valence-electron chi connectivity index (χ2n) is 4.43. The Morgan fingerprint density at radius 2 is 1.95 bits per heavy atom. The second-order valence-corrected chi connectivity index (χ2v) is 4.84. The lowest BCUT2D eigenvalue weighted by molar-refractivity contribution is 0.0697. The van der Waals surface area contributed by atoms with Gasteiger partial charge in [0.2, 0.25) is 0 Å². The number of hydrogen-bond acceptors (Lipinski definition) is 3. The average molecular weight is 300 g/mol. The Bertz CT molecular complexity index is 888.